The third-order valence-corrected chi connectivity index (χ3v) is 2.09. The highest BCUT2D eigenvalue weighted by molar-refractivity contribution is 5.84. The largest absolute Gasteiger partial charge is 0.481 e. The molecule has 1 atom stereocenters. The number of hydrogen-bond acceptors (Lipinski definition) is 3. The average molecular weight is 244 g/mol. The molecule has 0 aliphatic carbocycles. The van der Waals surface area contributed by atoms with Crippen molar-refractivity contribution >= 4 is 17.8 Å². The maximum absolute atomic E-state index is 11.3. The van der Waals surface area contributed by atoms with Gasteiger partial charge in [0.2, 0.25) is 11.8 Å². The van der Waals surface area contributed by atoms with E-state index in [-0.39, 0.29) is 30.7 Å². The zero-order valence-electron chi connectivity index (χ0n) is 10.3. The van der Waals surface area contributed by atoms with E-state index < -0.39 is 5.97 Å². The Kier molecular flexibility index (Phi) is 7.75. The number of carboxylic acids is 1. The van der Waals surface area contributed by atoms with Crippen LogP contribution in [0.25, 0.3) is 0 Å². The van der Waals surface area contributed by atoms with Crippen molar-refractivity contribution in [2.24, 2.45) is 5.92 Å². The molecule has 0 aromatic carbocycles. The second-order valence-electron chi connectivity index (χ2n) is 4.03. The molecule has 17 heavy (non-hydrogen) atoms. The second-order valence-corrected chi connectivity index (χ2v) is 4.03. The molecule has 0 fully saturated rings. The molecule has 0 saturated carbocycles. The van der Waals surface area contributed by atoms with Gasteiger partial charge in [0.25, 0.3) is 0 Å². The summed E-state index contributed by atoms with van der Waals surface area (Å²) in [5.74, 6) is -1.46. The minimum absolute atomic E-state index is 0.0163. The number of carbonyl (C=O) groups is 3. The second kappa shape index (κ2) is 8.55. The molecule has 0 aromatic heterocycles. The lowest BCUT2D eigenvalue weighted by Crippen LogP contribution is -2.38. The third-order valence-electron chi connectivity index (χ3n) is 2.09. The highest BCUT2D eigenvalue weighted by atomic mass is 16.4. The van der Waals surface area contributed by atoms with Gasteiger partial charge in [0.05, 0.1) is 6.54 Å². The number of nitrogens with one attached hydrogen (secondary N) is 2. The summed E-state index contributed by atoms with van der Waals surface area (Å²) in [4.78, 5) is 32.7. The third kappa shape index (κ3) is 9.35. The van der Waals surface area contributed by atoms with Gasteiger partial charge in [-0.3, -0.25) is 14.4 Å². The van der Waals surface area contributed by atoms with E-state index in [0.717, 1.165) is 6.42 Å². The van der Waals surface area contributed by atoms with Gasteiger partial charge in [-0.2, -0.15) is 0 Å². The smallest absolute Gasteiger partial charge is 0.303 e. The van der Waals surface area contributed by atoms with Crippen molar-refractivity contribution in [3.8, 4) is 0 Å². The summed E-state index contributed by atoms with van der Waals surface area (Å²) >= 11 is 0. The van der Waals surface area contributed by atoms with Crippen LogP contribution in [0.3, 0.4) is 0 Å². The van der Waals surface area contributed by atoms with Crippen LogP contribution in [0.1, 0.15) is 33.1 Å². The zero-order chi connectivity index (χ0) is 13.3. The normalized spacial score (nSPS) is 11.6. The summed E-state index contributed by atoms with van der Waals surface area (Å²) in [6, 6.07) is 0. The first-order valence-electron chi connectivity index (χ1n) is 5.70. The summed E-state index contributed by atoms with van der Waals surface area (Å²) in [6.07, 6.45) is 1.16. The minimum atomic E-state index is -0.886. The highest BCUT2D eigenvalue weighted by Gasteiger charge is 2.09. The van der Waals surface area contributed by atoms with Gasteiger partial charge in [-0.15, -0.1) is 0 Å². The number of rotatable bonds is 8. The van der Waals surface area contributed by atoms with Crippen LogP contribution >= 0.6 is 0 Å². The van der Waals surface area contributed by atoms with Crippen LogP contribution in [0, 0.1) is 5.92 Å². The summed E-state index contributed by atoms with van der Waals surface area (Å²) in [5.41, 5.74) is 0. The Morgan fingerprint density at radius 3 is 2.35 bits per heavy atom. The van der Waals surface area contributed by atoms with E-state index in [1.54, 1.807) is 6.92 Å². The Labute approximate surface area is 101 Å². The Morgan fingerprint density at radius 2 is 1.82 bits per heavy atom. The molecule has 0 bridgehead atoms. The lowest BCUT2D eigenvalue weighted by molar-refractivity contribution is -0.138. The number of carboxylic acid groups (broad SMARTS) is 1. The Balaban J connectivity index is 3.65. The quantitative estimate of drug-likeness (QED) is 0.565. The molecule has 1 unspecified atom stereocenters. The fraction of sp³-hybridized carbons (Fsp3) is 0.727. The van der Waals surface area contributed by atoms with Crippen LogP contribution in [0.2, 0.25) is 0 Å². The SMILES string of the molecule is CCCC(=O)NCC(=O)NCC(C)CC(=O)O. The predicted octanol–water partition coefficient (Wildman–Crippen LogP) is 0.130. The van der Waals surface area contributed by atoms with Crippen molar-refractivity contribution in [3.05, 3.63) is 0 Å². The highest BCUT2D eigenvalue weighted by Crippen LogP contribution is 1.98. The summed E-state index contributed by atoms with van der Waals surface area (Å²) < 4.78 is 0. The summed E-state index contributed by atoms with van der Waals surface area (Å²) in [7, 11) is 0. The van der Waals surface area contributed by atoms with Crippen molar-refractivity contribution in [2.45, 2.75) is 33.1 Å². The van der Waals surface area contributed by atoms with E-state index in [1.165, 1.54) is 0 Å². The fourth-order valence-corrected chi connectivity index (χ4v) is 1.22. The van der Waals surface area contributed by atoms with Crippen LogP contribution in [0.5, 0.6) is 0 Å². The Morgan fingerprint density at radius 1 is 1.18 bits per heavy atom. The number of hydrogen-bond donors (Lipinski definition) is 3. The van der Waals surface area contributed by atoms with Crippen LogP contribution in [0.15, 0.2) is 0 Å². The average Bonchev–Trinajstić information content (AvgIpc) is 2.23. The van der Waals surface area contributed by atoms with Crippen LogP contribution in [-0.2, 0) is 14.4 Å². The molecule has 0 saturated heterocycles. The fourth-order valence-electron chi connectivity index (χ4n) is 1.22. The first-order chi connectivity index (χ1) is 7.95. The maximum Gasteiger partial charge on any atom is 0.303 e. The molecule has 0 rings (SSSR count). The minimum Gasteiger partial charge on any atom is -0.481 e. The molecule has 0 aromatic rings. The van der Waals surface area contributed by atoms with Crippen molar-refractivity contribution < 1.29 is 19.5 Å². The summed E-state index contributed by atoms with van der Waals surface area (Å²) in [6.45, 7) is 3.87. The standard InChI is InChI=1S/C11H20N2O4/c1-3-4-9(14)13-7-10(15)12-6-8(2)5-11(16)17/h8H,3-7H2,1-2H3,(H,12,15)(H,13,14)(H,16,17). The van der Waals surface area contributed by atoms with Gasteiger partial charge in [0.1, 0.15) is 0 Å². The maximum atomic E-state index is 11.3. The molecule has 6 heteroatoms. The lowest BCUT2D eigenvalue weighted by atomic mass is 10.1. The van der Waals surface area contributed by atoms with Crippen molar-refractivity contribution in [1.82, 2.24) is 10.6 Å². The number of aliphatic carboxylic acids is 1. The molecule has 2 amide bonds. The topological polar surface area (TPSA) is 95.5 Å². The molecule has 0 spiro atoms. The van der Waals surface area contributed by atoms with Crippen LogP contribution in [-0.4, -0.2) is 36.0 Å². The van der Waals surface area contributed by atoms with Gasteiger partial charge in [0, 0.05) is 19.4 Å². The van der Waals surface area contributed by atoms with Gasteiger partial charge < -0.3 is 15.7 Å². The predicted molar refractivity (Wildman–Crippen MR) is 62.3 cm³/mol. The van der Waals surface area contributed by atoms with Gasteiger partial charge in [-0.25, -0.2) is 0 Å². The molecule has 0 radical (unpaired) electrons. The molecule has 0 aliphatic heterocycles. The van der Waals surface area contributed by atoms with Crippen molar-refractivity contribution in [1.29, 1.82) is 0 Å². The van der Waals surface area contributed by atoms with E-state index in [0.29, 0.717) is 13.0 Å². The number of amides is 2. The number of carbonyl (C=O) groups excluding carboxylic acids is 2. The van der Waals surface area contributed by atoms with Gasteiger partial charge >= 0.3 is 5.97 Å². The first-order valence-corrected chi connectivity index (χ1v) is 5.70. The van der Waals surface area contributed by atoms with E-state index in [2.05, 4.69) is 10.6 Å². The van der Waals surface area contributed by atoms with Gasteiger partial charge in [-0.1, -0.05) is 13.8 Å². The summed E-state index contributed by atoms with van der Waals surface area (Å²) in [5, 5.41) is 13.6. The van der Waals surface area contributed by atoms with Crippen molar-refractivity contribution in [2.75, 3.05) is 13.1 Å². The monoisotopic (exact) mass is 244 g/mol. The van der Waals surface area contributed by atoms with Gasteiger partial charge in [0.15, 0.2) is 0 Å². The molecule has 0 heterocycles. The molecule has 0 aliphatic rings. The lowest BCUT2D eigenvalue weighted by Gasteiger charge is -2.10. The first kappa shape index (κ1) is 15.4. The Hall–Kier alpha value is -1.59. The molecule has 98 valence electrons. The molecule has 3 N–H and O–H groups in total. The van der Waals surface area contributed by atoms with E-state index in [9.17, 15) is 14.4 Å². The van der Waals surface area contributed by atoms with Crippen molar-refractivity contribution in [3.63, 3.8) is 0 Å². The van der Waals surface area contributed by atoms with E-state index >= 15 is 0 Å². The van der Waals surface area contributed by atoms with E-state index in [4.69, 9.17) is 5.11 Å². The molecule has 6 nitrogen and oxygen atoms in total. The molecular weight excluding hydrogens is 224 g/mol. The van der Waals surface area contributed by atoms with E-state index in [1.807, 2.05) is 6.92 Å². The van der Waals surface area contributed by atoms with Crippen LogP contribution < -0.4 is 10.6 Å². The zero-order valence-corrected chi connectivity index (χ0v) is 10.3. The van der Waals surface area contributed by atoms with Gasteiger partial charge in [-0.05, 0) is 12.3 Å². The molecular formula is C11H20N2O4. The van der Waals surface area contributed by atoms with Crippen LogP contribution in [0.4, 0.5) is 0 Å². The Bertz CT molecular complexity index is 279.